The van der Waals surface area contributed by atoms with Gasteiger partial charge in [-0.2, -0.15) is 0 Å². The largest absolute Gasteiger partial charge is 0.342 e. The zero-order chi connectivity index (χ0) is 19.3. The van der Waals surface area contributed by atoms with Crippen LogP contribution in [0.2, 0.25) is 0 Å². The summed E-state index contributed by atoms with van der Waals surface area (Å²) in [5.41, 5.74) is 0.839. The van der Waals surface area contributed by atoms with Crippen molar-refractivity contribution >= 4 is 28.4 Å². The third-order valence-corrected chi connectivity index (χ3v) is 5.76. The lowest BCUT2D eigenvalue weighted by atomic mass is 10.1. The predicted octanol–water partition coefficient (Wildman–Crippen LogP) is 3.00. The molecular formula is C22H28N4O2. The minimum absolute atomic E-state index is 0.0710. The Morgan fingerprint density at radius 2 is 1.50 bits per heavy atom. The number of rotatable bonds is 3. The van der Waals surface area contributed by atoms with E-state index >= 15 is 0 Å². The molecule has 0 bridgehead atoms. The molecule has 2 aliphatic heterocycles. The Labute approximate surface area is 166 Å². The Kier molecular flexibility index (Phi) is 5.76. The summed E-state index contributed by atoms with van der Waals surface area (Å²) in [6.45, 7) is 5.02. The van der Waals surface area contributed by atoms with Gasteiger partial charge in [-0.25, -0.2) is 4.79 Å². The molecule has 0 saturated carbocycles. The van der Waals surface area contributed by atoms with Crippen molar-refractivity contribution in [2.75, 3.05) is 51.1 Å². The lowest BCUT2D eigenvalue weighted by Gasteiger charge is -2.36. The van der Waals surface area contributed by atoms with Gasteiger partial charge >= 0.3 is 6.03 Å². The second-order valence-corrected chi connectivity index (χ2v) is 7.66. The van der Waals surface area contributed by atoms with Crippen molar-refractivity contribution in [3.05, 3.63) is 42.5 Å². The number of likely N-dealkylation sites (tertiary alicyclic amines) is 1. The van der Waals surface area contributed by atoms with Crippen LogP contribution in [0.15, 0.2) is 42.5 Å². The highest BCUT2D eigenvalue weighted by Gasteiger charge is 2.25. The summed E-state index contributed by atoms with van der Waals surface area (Å²) < 4.78 is 0. The zero-order valence-electron chi connectivity index (χ0n) is 16.3. The van der Waals surface area contributed by atoms with Crippen LogP contribution >= 0.6 is 0 Å². The Bertz CT molecular complexity index is 834. The molecule has 0 atom stereocenters. The molecule has 6 heteroatoms. The molecule has 0 spiro atoms. The number of hydrogen-bond donors (Lipinski definition) is 1. The SMILES string of the molecule is O=C(CN1CCN(C(=O)Nc2cccc3ccccc23)CC1)N1CCCCC1. The van der Waals surface area contributed by atoms with Gasteiger partial charge < -0.3 is 15.1 Å². The van der Waals surface area contributed by atoms with Crippen molar-refractivity contribution in [2.24, 2.45) is 0 Å². The molecule has 2 saturated heterocycles. The monoisotopic (exact) mass is 380 g/mol. The molecule has 6 nitrogen and oxygen atoms in total. The van der Waals surface area contributed by atoms with Gasteiger partial charge in [0.25, 0.3) is 0 Å². The number of piperidine rings is 1. The van der Waals surface area contributed by atoms with Crippen LogP contribution in [0, 0.1) is 0 Å². The molecule has 2 fully saturated rings. The molecule has 4 rings (SSSR count). The second-order valence-electron chi connectivity index (χ2n) is 7.66. The molecule has 28 heavy (non-hydrogen) atoms. The molecule has 1 N–H and O–H groups in total. The molecule has 0 radical (unpaired) electrons. The van der Waals surface area contributed by atoms with E-state index in [2.05, 4.69) is 10.2 Å². The maximum absolute atomic E-state index is 12.7. The number of fused-ring (bicyclic) bond motifs is 1. The van der Waals surface area contributed by atoms with E-state index in [0.717, 1.165) is 55.5 Å². The first kappa shape index (κ1) is 18.7. The van der Waals surface area contributed by atoms with Crippen molar-refractivity contribution in [3.8, 4) is 0 Å². The molecule has 2 aromatic carbocycles. The molecule has 2 aromatic rings. The highest BCUT2D eigenvalue weighted by Crippen LogP contribution is 2.23. The molecule has 2 heterocycles. The van der Waals surface area contributed by atoms with Crippen LogP contribution in [0.25, 0.3) is 10.8 Å². The summed E-state index contributed by atoms with van der Waals surface area (Å²) in [5.74, 6) is 0.230. The van der Waals surface area contributed by atoms with Crippen LogP contribution in [0.3, 0.4) is 0 Å². The van der Waals surface area contributed by atoms with Gasteiger partial charge in [-0.05, 0) is 30.7 Å². The van der Waals surface area contributed by atoms with E-state index in [9.17, 15) is 9.59 Å². The fraction of sp³-hybridized carbons (Fsp3) is 0.455. The lowest BCUT2D eigenvalue weighted by Crippen LogP contribution is -2.52. The number of carbonyl (C=O) groups is 2. The van der Waals surface area contributed by atoms with E-state index in [1.807, 2.05) is 52.3 Å². The van der Waals surface area contributed by atoms with E-state index in [1.54, 1.807) is 0 Å². The maximum Gasteiger partial charge on any atom is 0.321 e. The maximum atomic E-state index is 12.7. The summed E-state index contributed by atoms with van der Waals surface area (Å²) in [4.78, 5) is 31.1. The zero-order valence-corrected chi connectivity index (χ0v) is 16.3. The summed E-state index contributed by atoms with van der Waals surface area (Å²) >= 11 is 0. The topological polar surface area (TPSA) is 55.9 Å². The number of carbonyl (C=O) groups excluding carboxylic acids is 2. The third-order valence-electron chi connectivity index (χ3n) is 5.76. The Hall–Kier alpha value is -2.60. The molecule has 0 aliphatic carbocycles. The van der Waals surface area contributed by atoms with Crippen molar-refractivity contribution in [1.29, 1.82) is 0 Å². The fourth-order valence-electron chi connectivity index (χ4n) is 4.07. The van der Waals surface area contributed by atoms with Gasteiger partial charge in [0.2, 0.25) is 5.91 Å². The molecule has 2 aliphatic rings. The normalized spacial score (nSPS) is 18.3. The first-order valence-electron chi connectivity index (χ1n) is 10.2. The standard InChI is InChI=1S/C22H28N4O2/c27-21(25-11-4-1-5-12-25)17-24-13-15-26(16-14-24)22(28)23-20-10-6-8-18-7-2-3-9-19(18)20/h2-3,6-10H,1,4-5,11-17H2,(H,23,28). The van der Waals surface area contributed by atoms with Crippen molar-refractivity contribution in [1.82, 2.24) is 14.7 Å². The Morgan fingerprint density at radius 1 is 0.786 bits per heavy atom. The first-order chi connectivity index (χ1) is 13.7. The first-order valence-corrected chi connectivity index (χ1v) is 10.2. The van der Waals surface area contributed by atoms with Gasteiger partial charge in [-0.15, -0.1) is 0 Å². The third kappa shape index (κ3) is 4.28. The average Bonchev–Trinajstić information content (AvgIpc) is 2.75. The number of hydrogen-bond acceptors (Lipinski definition) is 3. The van der Waals surface area contributed by atoms with E-state index in [-0.39, 0.29) is 11.9 Å². The lowest BCUT2D eigenvalue weighted by molar-refractivity contribution is -0.133. The second kappa shape index (κ2) is 8.61. The predicted molar refractivity (Wildman–Crippen MR) is 111 cm³/mol. The van der Waals surface area contributed by atoms with E-state index < -0.39 is 0 Å². The van der Waals surface area contributed by atoms with Gasteiger partial charge in [0.15, 0.2) is 0 Å². The van der Waals surface area contributed by atoms with Crippen molar-refractivity contribution in [2.45, 2.75) is 19.3 Å². The van der Waals surface area contributed by atoms with Crippen LogP contribution < -0.4 is 5.32 Å². The highest BCUT2D eigenvalue weighted by atomic mass is 16.2. The molecule has 148 valence electrons. The fourth-order valence-corrected chi connectivity index (χ4v) is 4.07. The van der Waals surface area contributed by atoms with Crippen LogP contribution in [-0.4, -0.2) is 72.5 Å². The summed E-state index contributed by atoms with van der Waals surface area (Å²) in [5, 5.41) is 5.21. The minimum atomic E-state index is -0.0710. The van der Waals surface area contributed by atoms with Gasteiger partial charge in [0.05, 0.1) is 12.2 Å². The van der Waals surface area contributed by atoms with Crippen molar-refractivity contribution < 1.29 is 9.59 Å². The quantitative estimate of drug-likeness (QED) is 0.891. The van der Waals surface area contributed by atoms with Crippen LogP contribution in [0.5, 0.6) is 0 Å². The molecule has 0 unspecified atom stereocenters. The van der Waals surface area contributed by atoms with E-state index in [1.165, 1.54) is 6.42 Å². The van der Waals surface area contributed by atoms with E-state index in [4.69, 9.17) is 0 Å². The summed E-state index contributed by atoms with van der Waals surface area (Å²) in [6.07, 6.45) is 3.47. The highest BCUT2D eigenvalue weighted by molar-refractivity contribution is 6.01. The Morgan fingerprint density at radius 3 is 2.29 bits per heavy atom. The molecular weight excluding hydrogens is 352 g/mol. The average molecular weight is 380 g/mol. The number of nitrogens with zero attached hydrogens (tertiary/aromatic N) is 3. The molecule has 0 aromatic heterocycles. The Balaban J connectivity index is 1.29. The van der Waals surface area contributed by atoms with Gasteiger partial charge in [-0.3, -0.25) is 9.69 Å². The summed E-state index contributed by atoms with van der Waals surface area (Å²) in [6, 6.07) is 13.9. The number of urea groups is 1. The van der Waals surface area contributed by atoms with Crippen molar-refractivity contribution in [3.63, 3.8) is 0 Å². The summed E-state index contributed by atoms with van der Waals surface area (Å²) in [7, 11) is 0. The molecule has 3 amide bonds. The minimum Gasteiger partial charge on any atom is -0.342 e. The van der Waals surface area contributed by atoms with E-state index in [0.29, 0.717) is 19.6 Å². The smallest absolute Gasteiger partial charge is 0.321 e. The van der Waals surface area contributed by atoms with Gasteiger partial charge in [0.1, 0.15) is 0 Å². The number of anilines is 1. The number of amides is 3. The number of nitrogens with one attached hydrogen (secondary N) is 1. The van der Waals surface area contributed by atoms with Crippen LogP contribution in [-0.2, 0) is 4.79 Å². The van der Waals surface area contributed by atoms with Crippen LogP contribution in [0.4, 0.5) is 10.5 Å². The van der Waals surface area contributed by atoms with Gasteiger partial charge in [0, 0.05) is 44.7 Å². The number of benzene rings is 2. The number of piperazine rings is 1. The van der Waals surface area contributed by atoms with Crippen LogP contribution in [0.1, 0.15) is 19.3 Å². The van der Waals surface area contributed by atoms with Gasteiger partial charge in [-0.1, -0.05) is 36.4 Å².